The van der Waals surface area contributed by atoms with Crippen molar-refractivity contribution < 1.29 is 19.1 Å². The van der Waals surface area contributed by atoms with Crippen LogP contribution in [0, 0.1) is 0 Å². The maximum Gasteiger partial charge on any atom is 0.186 e. The Hall–Kier alpha value is -0.420. The van der Waals surface area contributed by atoms with Crippen LogP contribution in [0.2, 0.25) is 0 Å². The number of hydrogen-bond acceptors (Lipinski definition) is 4. The molecule has 0 aliphatic heterocycles. The van der Waals surface area contributed by atoms with Gasteiger partial charge in [-0.2, -0.15) is 0 Å². The van der Waals surface area contributed by atoms with Gasteiger partial charge < -0.3 is 9.90 Å². The van der Waals surface area contributed by atoms with Gasteiger partial charge in [0.25, 0.3) is 0 Å². The Morgan fingerprint density at radius 3 is 2.64 bits per heavy atom. The molecule has 0 aromatic rings. The zero-order chi connectivity index (χ0) is 8.85. The second kappa shape index (κ2) is 5.26. The second-order valence-electron chi connectivity index (χ2n) is 1.91. The van der Waals surface area contributed by atoms with Gasteiger partial charge in [0, 0.05) is 6.92 Å². The molecular formula is C6H9FO3S. The number of hydrogen-bond donors (Lipinski definition) is 1. The molecule has 1 N–H and O–H groups in total. The average Bonchev–Trinajstić information content (AvgIpc) is 1.98. The quantitative estimate of drug-likeness (QED) is 0.626. The smallest absolute Gasteiger partial charge is 0.186 e. The number of aliphatic hydroxyl groups is 1. The molecule has 0 aromatic carbocycles. The van der Waals surface area contributed by atoms with Gasteiger partial charge in [0.05, 0.1) is 11.9 Å². The Kier molecular flexibility index (Phi) is 5.06. The zero-order valence-corrected chi connectivity index (χ0v) is 6.81. The summed E-state index contributed by atoms with van der Waals surface area (Å²) in [5.74, 6) is 0. The predicted molar refractivity (Wildman–Crippen MR) is 40.1 cm³/mol. The summed E-state index contributed by atoms with van der Waals surface area (Å²) in [5, 5.41) is 7.24. The SMILES string of the molecule is CC(=O)S[C@H](CO)[C@H](F)C=O. The molecule has 11 heavy (non-hydrogen) atoms. The summed E-state index contributed by atoms with van der Waals surface area (Å²) < 4.78 is 12.5. The number of carbonyl (C=O) groups is 2. The summed E-state index contributed by atoms with van der Waals surface area (Å²) >= 11 is 0.637. The van der Waals surface area contributed by atoms with Crippen molar-refractivity contribution in [3.8, 4) is 0 Å². The van der Waals surface area contributed by atoms with E-state index in [9.17, 15) is 14.0 Å². The van der Waals surface area contributed by atoms with Crippen molar-refractivity contribution in [2.75, 3.05) is 6.61 Å². The fourth-order valence-corrected chi connectivity index (χ4v) is 1.20. The lowest BCUT2D eigenvalue weighted by Gasteiger charge is -2.10. The minimum absolute atomic E-state index is 0.0802. The first-order valence-corrected chi connectivity index (χ1v) is 3.87. The summed E-state index contributed by atoms with van der Waals surface area (Å²) in [4.78, 5) is 20.3. The van der Waals surface area contributed by atoms with E-state index >= 15 is 0 Å². The van der Waals surface area contributed by atoms with Crippen LogP contribution >= 0.6 is 11.8 Å². The van der Waals surface area contributed by atoms with E-state index in [0.29, 0.717) is 11.8 Å². The molecule has 0 amide bonds. The topological polar surface area (TPSA) is 54.4 Å². The van der Waals surface area contributed by atoms with Gasteiger partial charge >= 0.3 is 0 Å². The summed E-state index contributed by atoms with van der Waals surface area (Å²) in [5.41, 5.74) is 0. The van der Waals surface area contributed by atoms with Crippen molar-refractivity contribution in [1.82, 2.24) is 0 Å². The largest absolute Gasteiger partial charge is 0.395 e. The van der Waals surface area contributed by atoms with Crippen LogP contribution in [0.15, 0.2) is 0 Å². The Bertz CT molecular complexity index is 151. The molecule has 0 saturated carbocycles. The fraction of sp³-hybridized carbons (Fsp3) is 0.667. The van der Waals surface area contributed by atoms with E-state index in [1.54, 1.807) is 0 Å². The Balaban J connectivity index is 3.93. The Morgan fingerprint density at radius 2 is 2.36 bits per heavy atom. The van der Waals surface area contributed by atoms with Crippen LogP contribution < -0.4 is 0 Å². The highest BCUT2D eigenvalue weighted by Crippen LogP contribution is 2.16. The van der Waals surface area contributed by atoms with Gasteiger partial charge in [-0.25, -0.2) is 4.39 Å². The van der Waals surface area contributed by atoms with Gasteiger partial charge in [0.1, 0.15) is 0 Å². The number of aldehydes is 1. The summed E-state index contributed by atoms with van der Waals surface area (Å²) in [6.45, 7) is 0.745. The predicted octanol–water partition coefficient (Wildman–Crippen LogP) is 0.164. The average molecular weight is 180 g/mol. The minimum Gasteiger partial charge on any atom is -0.395 e. The number of alkyl halides is 1. The number of thioether (sulfide) groups is 1. The Morgan fingerprint density at radius 1 is 1.82 bits per heavy atom. The van der Waals surface area contributed by atoms with Crippen LogP contribution in [0.3, 0.4) is 0 Å². The highest BCUT2D eigenvalue weighted by atomic mass is 32.2. The molecule has 0 heterocycles. The molecule has 64 valence electrons. The third-order valence-electron chi connectivity index (χ3n) is 0.982. The van der Waals surface area contributed by atoms with Gasteiger partial charge in [-0.15, -0.1) is 0 Å². The lowest BCUT2D eigenvalue weighted by atomic mass is 10.3. The molecule has 0 aromatic heterocycles. The van der Waals surface area contributed by atoms with Crippen molar-refractivity contribution >= 4 is 23.2 Å². The third kappa shape index (κ3) is 4.10. The standard InChI is InChI=1S/C6H9FO3S/c1-4(10)11-6(3-9)5(7)2-8/h2,5-6,9H,3H2,1H3/t5-,6-/m1/s1. The van der Waals surface area contributed by atoms with Crippen LogP contribution in [-0.4, -0.2) is 34.5 Å². The molecule has 2 atom stereocenters. The second-order valence-corrected chi connectivity index (χ2v) is 3.33. The van der Waals surface area contributed by atoms with E-state index in [1.807, 2.05) is 0 Å². The molecule has 0 rings (SSSR count). The van der Waals surface area contributed by atoms with Gasteiger partial charge in [0.2, 0.25) is 0 Å². The van der Waals surface area contributed by atoms with Crippen molar-refractivity contribution in [3.63, 3.8) is 0 Å². The van der Waals surface area contributed by atoms with Crippen LogP contribution in [-0.2, 0) is 9.59 Å². The molecular weight excluding hydrogens is 171 g/mol. The van der Waals surface area contributed by atoms with Crippen LogP contribution in [0.4, 0.5) is 4.39 Å². The van der Waals surface area contributed by atoms with Gasteiger partial charge in [-0.05, 0) is 0 Å². The molecule has 0 bridgehead atoms. The molecule has 0 fully saturated rings. The highest BCUT2D eigenvalue weighted by molar-refractivity contribution is 8.14. The van der Waals surface area contributed by atoms with E-state index < -0.39 is 18.0 Å². The van der Waals surface area contributed by atoms with Crippen molar-refractivity contribution in [1.29, 1.82) is 0 Å². The molecule has 0 aliphatic rings. The fourth-order valence-electron chi connectivity index (χ4n) is 0.504. The highest BCUT2D eigenvalue weighted by Gasteiger charge is 2.21. The summed E-state index contributed by atoms with van der Waals surface area (Å²) in [7, 11) is 0. The molecule has 0 aliphatic carbocycles. The Labute approximate surface area is 68.0 Å². The molecule has 5 heteroatoms. The lowest BCUT2D eigenvalue weighted by molar-refractivity contribution is -0.112. The lowest BCUT2D eigenvalue weighted by Crippen LogP contribution is -2.25. The first-order chi connectivity index (χ1) is 5.11. The van der Waals surface area contributed by atoms with Crippen LogP contribution in [0.5, 0.6) is 0 Å². The maximum atomic E-state index is 12.5. The van der Waals surface area contributed by atoms with Crippen molar-refractivity contribution in [2.45, 2.75) is 18.3 Å². The third-order valence-corrected chi connectivity index (χ3v) is 2.03. The molecule has 0 radical (unpaired) electrons. The maximum absolute atomic E-state index is 12.5. The zero-order valence-electron chi connectivity index (χ0n) is 5.99. The summed E-state index contributed by atoms with van der Waals surface area (Å²) in [6, 6.07) is 0. The van der Waals surface area contributed by atoms with Crippen LogP contribution in [0.25, 0.3) is 0 Å². The first-order valence-electron chi connectivity index (χ1n) is 2.99. The molecule has 0 unspecified atom stereocenters. The van der Waals surface area contributed by atoms with E-state index in [2.05, 4.69) is 0 Å². The molecule has 0 spiro atoms. The van der Waals surface area contributed by atoms with Crippen molar-refractivity contribution in [2.24, 2.45) is 0 Å². The number of rotatable bonds is 4. The van der Waals surface area contributed by atoms with Gasteiger partial charge in [-0.3, -0.25) is 4.79 Å². The van der Waals surface area contributed by atoms with E-state index in [1.165, 1.54) is 6.92 Å². The monoisotopic (exact) mass is 180 g/mol. The van der Waals surface area contributed by atoms with E-state index in [4.69, 9.17) is 5.11 Å². The number of halogens is 1. The molecule has 0 saturated heterocycles. The van der Waals surface area contributed by atoms with Gasteiger partial charge in [-0.1, -0.05) is 11.8 Å². The summed E-state index contributed by atoms with van der Waals surface area (Å²) in [6.07, 6.45) is -1.69. The van der Waals surface area contributed by atoms with E-state index in [0.717, 1.165) is 0 Å². The number of aliphatic hydroxyl groups excluding tert-OH is 1. The normalized spacial score (nSPS) is 15.5. The van der Waals surface area contributed by atoms with Gasteiger partial charge in [0.15, 0.2) is 17.6 Å². The van der Waals surface area contributed by atoms with Crippen LogP contribution in [0.1, 0.15) is 6.92 Å². The number of carbonyl (C=O) groups excluding carboxylic acids is 2. The van der Waals surface area contributed by atoms with E-state index in [-0.39, 0.29) is 11.4 Å². The minimum atomic E-state index is -1.77. The first kappa shape index (κ1) is 10.6. The van der Waals surface area contributed by atoms with Crippen molar-refractivity contribution in [3.05, 3.63) is 0 Å². The molecule has 3 nitrogen and oxygen atoms in total.